The molecule has 172 valence electrons. The number of phenolic OH excluding ortho intramolecular Hbond substituents is 2. The summed E-state index contributed by atoms with van der Waals surface area (Å²) < 4.78 is 5.89. The van der Waals surface area contributed by atoms with Gasteiger partial charge in [0.25, 0.3) is 0 Å². The molecule has 5 heteroatoms. The highest BCUT2D eigenvalue weighted by molar-refractivity contribution is 6.20. The van der Waals surface area contributed by atoms with E-state index in [1.807, 2.05) is 30.3 Å². The summed E-state index contributed by atoms with van der Waals surface area (Å²) in [5.41, 5.74) is 2.56. The summed E-state index contributed by atoms with van der Waals surface area (Å²) in [6.45, 7) is 3.82. The number of nitrogens with zero attached hydrogens (tertiary/aromatic N) is 1. The second kappa shape index (κ2) is 9.57. The van der Waals surface area contributed by atoms with Crippen molar-refractivity contribution in [3.63, 3.8) is 0 Å². The van der Waals surface area contributed by atoms with Crippen molar-refractivity contribution >= 4 is 16.6 Å². The SMILES string of the molecule is O=C(c1ccc(OCCN2CCCC2)cc1)c1c(-c2cccc(O)c2)ccc2cc(O)ccc12. The molecule has 0 radical (unpaired) electrons. The zero-order chi connectivity index (χ0) is 23.5. The fourth-order valence-corrected chi connectivity index (χ4v) is 4.62. The van der Waals surface area contributed by atoms with Crippen molar-refractivity contribution in [2.75, 3.05) is 26.2 Å². The minimum atomic E-state index is -0.127. The van der Waals surface area contributed by atoms with Gasteiger partial charge in [0.1, 0.15) is 23.9 Å². The van der Waals surface area contributed by atoms with Crippen molar-refractivity contribution in [1.29, 1.82) is 0 Å². The maximum absolute atomic E-state index is 13.8. The van der Waals surface area contributed by atoms with Crippen molar-refractivity contribution in [3.8, 4) is 28.4 Å². The zero-order valence-electron chi connectivity index (χ0n) is 18.9. The molecule has 1 saturated heterocycles. The smallest absolute Gasteiger partial charge is 0.194 e. The minimum Gasteiger partial charge on any atom is -0.508 e. The molecule has 5 rings (SSSR count). The van der Waals surface area contributed by atoms with Crippen LogP contribution in [0.5, 0.6) is 17.2 Å². The number of carbonyl (C=O) groups is 1. The van der Waals surface area contributed by atoms with E-state index in [0.29, 0.717) is 17.7 Å². The van der Waals surface area contributed by atoms with Crippen LogP contribution in [0, 0.1) is 0 Å². The molecule has 34 heavy (non-hydrogen) atoms. The lowest BCUT2D eigenvalue weighted by Gasteiger charge is -2.15. The Morgan fingerprint density at radius 2 is 1.62 bits per heavy atom. The van der Waals surface area contributed by atoms with Gasteiger partial charge in [-0.15, -0.1) is 0 Å². The van der Waals surface area contributed by atoms with Crippen LogP contribution >= 0.6 is 0 Å². The number of rotatable bonds is 7. The fraction of sp³-hybridized carbons (Fsp3) is 0.207. The van der Waals surface area contributed by atoms with Gasteiger partial charge < -0.3 is 14.9 Å². The highest BCUT2D eigenvalue weighted by Crippen LogP contribution is 2.35. The first-order valence-corrected chi connectivity index (χ1v) is 11.6. The lowest BCUT2D eigenvalue weighted by Crippen LogP contribution is -2.25. The molecule has 0 aromatic heterocycles. The van der Waals surface area contributed by atoms with Gasteiger partial charge in [-0.2, -0.15) is 0 Å². The third kappa shape index (κ3) is 4.61. The maximum atomic E-state index is 13.8. The first kappa shape index (κ1) is 22.0. The van der Waals surface area contributed by atoms with Gasteiger partial charge in [-0.1, -0.05) is 24.3 Å². The largest absolute Gasteiger partial charge is 0.508 e. The molecule has 0 atom stereocenters. The second-order valence-electron chi connectivity index (χ2n) is 8.69. The highest BCUT2D eigenvalue weighted by Gasteiger charge is 2.19. The van der Waals surface area contributed by atoms with E-state index < -0.39 is 0 Å². The number of hydrogen-bond donors (Lipinski definition) is 2. The van der Waals surface area contributed by atoms with Crippen molar-refractivity contribution in [2.45, 2.75) is 12.8 Å². The van der Waals surface area contributed by atoms with Crippen molar-refractivity contribution in [3.05, 3.63) is 90.0 Å². The molecular formula is C29H27NO4. The number of fused-ring (bicyclic) bond motifs is 1. The second-order valence-corrected chi connectivity index (χ2v) is 8.69. The van der Waals surface area contributed by atoms with Crippen LogP contribution in [0.3, 0.4) is 0 Å². The van der Waals surface area contributed by atoms with E-state index in [9.17, 15) is 15.0 Å². The van der Waals surface area contributed by atoms with E-state index in [-0.39, 0.29) is 17.3 Å². The summed E-state index contributed by atoms with van der Waals surface area (Å²) in [5, 5.41) is 21.5. The van der Waals surface area contributed by atoms with Crippen LogP contribution < -0.4 is 4.74 Å². The molecule has 1 fully saturated rings. The third-order valence-electron chi connectivity index (χ3n) is 6.38. The summed E-state index contributed by atoms with van der Waals surface area (Å²) in [5.74, 6) is 0.897. The Morgan fingerprint density at radius 3 is 2.38 bits per heavy atom. The molecule has 1 aliphatic heterocycles. The fourth-order valence-electron chi connectivity index (χ4n) is 4.62. The van der Waals surface area contributed by atoms with E-state index in [1.54, 1.807) is 48.5 Å². The van der Waals surface area contributed by atoms with Gasteiger partial charge in [-0.25, -0.2) is 0 Å². The van der Waals surface area contributed by atoms with Gasteiger partial charge in [0.2, 0.25) is 0 Å². The Balaban J connectivity index is 1.46. The molecule has 0 bridgehead atoms. The Kier molecular flexibility index (Phi) is 6.19. The topological polar surface area (TPSA) is 70.0 Å². The standard InChI is InChI=1S/C29H27NO4/c31-23-5-3-4-21(18-23)26-12-8-22-19-24(32)9-13-27(22)28(26)29(33)20-6-10-25(11-7-20)34-17-16-30-14-1-2-15-30/h3-13,18-19,31-32H,1-2,14-17H2. The summed E-state index contributed by atoms with van der Waals surface area (Å²) in [6, 6.07) is 22.9. The van der Waals surface area contributed by atoms with Crippen LogP contribution in [0.1, 0.15) is 28.8 Å². The Bertz CT molecular complexity index is 1320. The number of ketones is 1. The Labute approximate surface area is 198 Å². The third-order valence-corrected chi connectivity index (χ3v) is 6.38. The number of carbonyl (C=O) groups excluding carboxylic acids is 1. The molecule has 2 N–H and O–H groups in total. The van der Waals surface area contributed by atoms with Crippen LogP contribution in [0.25, 0.3) is 21.9 Å². The number of likely N-dealkylation sites (tertiary alicyclic amines) is 1. The van der Waals surface area contributed by atoms with Crippen LogP contribution in [0.2, 0.25) is 0 Å². The summed E-state index contributed by atoms with van der Waals surface area (Å²) in [4.78, 5) is 16.2. The van der Waals surface area contributed by atoms with E-state index in [4.69, 9.17) is 4.74 Å². The maximum Gasteiger partial charge on any atom is 0.194 e. The number of ether oxygens (including phenoxy) is 1. The zero-order valence-corrected chi connectivity index (χ0v) is 18.9. The quantitative estimate of drug-likeness (QED) is 0.355. The molecule has 4 aromatic carbocycles. The van der Waals surface area contributed by atoms with Crippen LogP contribution in [0.4, 0.5) is 0 Å². The van der Waals surface area contributed by atoms with Gasteiger partial charge in [0.15, 0.2) is 5.78 Å². The molecule has 0 amide bonds. The molecule has 0 saturated carbocycles. The van der Waals surface area contributed by atoms with E-state index >= 15 is 0 Å². The minimum absolute atomic E-state index is 0.127. The summed E-state index contributed by atoms with van der Waals surface area (Å²) in [6.07, 6.45) is 2.52. The monoisotopic (exact) mass is 453 g/mol. The van der Waals surface area contributed by atoms with E-state index in [1.165, 1.54) is 12.8 Å². The van der Waals surface area contributed by atoms with Gasteiger partial charge in [0, 0.05) is 17.7 Å². The number of benzene rings is 4. The molecule has 0 aliphatic carbocycles. The van der Waals surface area contributed by atoms with Crippen LogP contribution in [-0.2, 0) is 0 Å². The van der Waals surface area contributed by atoms with Gasteiger partial charge in [-0.3, -0.25) is 9.69 Å². The lowest BCUT2D eigenvalue weighted by molar-refractivity contribution is 0.104. The number of hydrogen-bond acceptors (Lipinski definition) is 5. The molecule has 0 unspecified atom stereocenters. The molecule has 0 spiro atoms. The Morgan fingerprint density at radius 1 is 0.853 bits per heavy atom. The Hall–Kier alpha value is -3.83. The van der Waals surface area contributed by atoms with Crippen molar-refractivity contribution < 1.29 is 19.7 Å². The van der Waals surface area contributed by atoms with E-state index in [2.05, 4.69) is 4.90 Å². The molecule has 1 aliphatic rings. The summed E-state index contributed by atoms with van der Waals surface area (Å²) >= 11 is 0. The number of aromatic hydroxyl groups is 2. The van der Waals surface area contributed by atoms with Crippen LogP contribution in [0.15, 0.2) is 78.9 Å². The molecule has 1 heterocycles. The van der Waals surface area contributed by atoms with Crippen LogP contribution in [-0.4, -0.2) is 47.1 Å². The van der Waals surface area contributed by atoms with Crippen molar-refractivity contribution in [2.24, 2.45) is 0 Å². The van der Waals surface area contributed by atoms with Crippen molar-refractivity contribution in [1.82, 2.24) is 4.90 Å². The van der Waals surface area contributed by atoms with Gasteiger partial charge in [0.05, 0.1) is 0 Å². The van der Waals surface area contributed by atoms with Gasteiger partial charge in [-0.05, 0) is 102 Å². The normalized spacial score (nSPS) is 13.9. The average Bonchev–Trinajstić information content (AvgIpc) is 3.37. The first-order valence-electron chi connectivity index (χ1n) is 11.6. The first-order chi connectivity index (χ1) is 16.6. The predicted molar refractivity (Wildman–Crippen MR) is 134 cm³/mol. The molecular weight excluding hydrogens is 426 g/mol. The predicted octanol–water partition coefficient (Wildman–Crippen LogP) is 5.62. The average molecular weight is 454 g/mol. The number of phenols is 2. The molecule has 4 aromatic rings. The summed E-state index contributed by atoms with van der Waals surface area (Å²) in [7, 11) is 0. The van der Waals surface area contributed by atoms with E-state index in [0.717, 1.165) is 47.3 Å². The van der Waals surface area contributed by atoms with Gasteiger partial charge >= 0.3 is 0 Å². The lowest BCUT2D eigenvalue weighted by atomic mass is 9.89. The highest BCUT2D eigenvalue weighted by atomic mass is 16.5. The molecule has 5 nitrogen and oxygen atoms in total.